The lowest BCUT2D eigenvalue weighted by atomic mass is 10.0. The molecule has 152 valence electrons. The first kappa shape index (κ1) is 21.1. The lowest BCUT2D eigenvalue weighted by Crippen LogP contribution is -2.28. The minimum atomic E-state index is -3.23. The summed E-state index contributed by atoms with van der Waals surface area (Å²) in [5.74, 6) is 0.290. The molecule has 0 saturated carbocycles. The number of sulfone groups is 1. The number of carbonyl (C=O) groups excluding carboxylic acids is 1. The van der Waals surface area contributed by atoms with E-state index in [-0.39, 0.29) is 24.0 Å². The predicted molar refractivity (Wildman–Crippen MR) is 113 cm³/mol. The van der Waals surface area contributed by atoms with Gasteiger partial charge in [0, 0.05) is 12.8 Å². The van der Waals surface area contributed by atoms with Crippen LogP contribution in [-0.4, -0.2) is 27.2 Å². The molecule has 7 heteroatoms. The van der Waals surface area contributed by atoms with Crippen LogP contribution in [0.1, 0.15) is 11.1 Å². The molecule has 0 unspecified atom stereocenters. The third kappa shape index (κ3) is 5.69. The molecule has 30 heavy (non-hydrogen) atoms. The summed E-state index contributed by atoms with van der Waals surface area (Å²) < 4.78 is 28.4. The van der Waals surface area contributed by atoms with Crippen molar-refractivity contribution in [3.8, 4) is 22.9 Å². The number of rotatable bonds is 7. The molecule has 0 heterocycles. The van der Waals surface area contributed by atoms with Gasteiger partial charge in [0.05, 0.1) is 16.5 Å². The Bertz CT molecular complexity index is 1160. The van der Waals surface area contributed by atoms with Crippen LogP contribution in [-0.2, 0) is 21.2 Å². The van der Waals surface area contributed by atoms with E-state index in [2.05, 4.69) is 11.4 Å². The number of benzene rings is 3. The Balaban J connectivity index is 1.49. The molecular weight excluding hydrogens is 400 g/mol. The fourth-order valence-electron chi connectivity index (χ4n) is 2.74. The molecule has 0 aliphatic heterocycles. The van der Waals surface area contributed by atoms with E-state index in [1.165, 1.54) is 12.1 Å². The third-order valence-corrected chi connectivity index (χ3v) is 5.54. The van der Waals surface area contributed by atoms with E-state index in [9.17, 15) is 13.2 Å². The number of hydrogen-bond acceptors (Lipinski definition) is 5. The van der Waals surface area contributed by atoms with Gasteiger partial charge in [-0.3, -0.25) is 4.79 Å². The Labute approximate surface area is 175 Å². The fourth-order valence-corrected chi connectivity index (χ4v) is 3.37. The number of hydrogen-bond donors (Lipinski definition) is 1. The zero-order valence-corrected chi connectivity index (χ0v) is 17.1. The molecule has 0 spiro atoms. The van der Waals surface area contributed by atoms with Gasteiger partial charge in [-0.15, -0.1) is 0 Å². The van der Waals surface area contributed by atoms with Crippen LogP contribution in [0.3, 0.4) is 0 Å². The highest BCUT2D eigenvalue weighted by Crippen LogP contribution is 2.22. The fraction of sp³-hybridized carbons (Fsp3) is 0.130. The Morgan fingerprint density at radius 3 is 2.03 bits per heavy atom. The maximum Gasteiger partial charge on any atom is 0.258 e. The second kappa shape index (κ2) is 9.25. The van der Waals surface area contributed by atoms with Gasteiger partial charge in [0.15, 0.2) is 16.4 Å². The smallest absolute Gasteiger partial charge is 0.258 e. The Morgan fingerprint density at radius 2 is 1.50 bits per heavy atom. The summed E-state index contributed by atoms with van der Waals surface area (Å²) in [6.45, 7) is 0.154. The van der Waals surface area contributed by atoms with E-state index in [0.29, 0.717) is 11.3 Å². The largest absolute Gasteiger partial charge is 0.484 e. The number of nitrogens with zero attached hydrogens (tertiary/aromatic N) is 1. The van der Waals surface area contributed by atoms with Crippen molar-refractivity contribution in [1.29, 1.82) is 5.26 Å². The van der Waals surface area contributed by atoms with Crippen LogP contribution < -0.4 is 10.1 Å². The molecule has 0 radical (unpaired) electrons. The first-order valence-electron chi connectivity index (χ1n) is 9.14. The summed E-state index contributed by atoms with van der Waals surface area (Å²) in [5.41, 5.74) is 3.37. The van der Waals surface area contributed by atoms with Crippen LogP contribution >= 0.6 is 0 Å². The molecule has 0 aromatic heterocycles. The molecule has 1 amide bonds. The van der Waals surface area contributed by atoms with Crippen LogP contribution in [0.4, 0.5) is 0 Å². The highest BCUT2D eigenvalue weighted by atomic mass is 32.2. The first-order chi connectivity index (χ1) is 14.3. The minimum Gasteiger partial charge on any atom is -0.484 e. The van der Waals surface area contributed by atoms with Crippen molar-refractivity contribution < 1.29 is 17.9 Å². The van der Waals surface area contributed by atoms with Gasteiger partial charge in [0.2, 0.25) is 0 Å². The van der Waals surface area contributed by atoms with Crippen LogP contribution in [0.5, 0.6) is 5.75 Å². The summed E-state index contributed by atoms with van der Waals surface area (Å²) >= 11 is 0. The second-order valence-corrected chi connectivity index (χ2v) is 8.71. The Morgan fingerprint density at radius 1 is 0.933 bits per heavy atom. The monoisotopic (exact) mass is 420 g/mol. The van der Waals surface area contributed by atoms with Gasteiger partial charge in [-0.2, -0.15) is 5.26 Å². The highest BCUT2D eigenvalue weighted by Gasteiger charge is 2.07. The highest BCUT2D eigenvalue weighted by molar-refractivity contribution is 7.90. The van der Waals surface area contributed by atoms with Crippen molar-refractivity contribution >= 4 is 15.7 Å². The van der Waals surface area contributed by atoms with E-state index in [1.54, 1.807) is 36.4 Å². The molecule has 0 fully saturated rings. The van der Waals surface area contributed by atoms with E-state index in [4.69, 9.17) is 10.00 Å². The summed E-state index contributed by atoms with van der Waals surface area (Å²) in [6, 6.07) is 23.1. The Hall–Kier alpha value is -3.63. The molecule has 1 N–H and O–H groups in total. The molecular formula is C23H20N2O4S. The van der Waals surface area contributed by atoms with Crippen molar-refractivity contribution in [2.24, 2.45) is 0 Å². The zero-order chi connectivity index (χ0) is 21.6. The standard InChI is InChI=1S/C23H20N2O4S/c1-30(27,28)22-12-4-18(5-13-22)15-25-23(26)16-29-21-10-8-20(9-11-21)19-6-2-17(14-24)3-7-19/h2-13H,15-16H2,1H3,(H,25,26). The lowest BCUT2D eigenvalue weighted by Gasteiger charge is -2.09. The molecule has 0 bridgehead atoms. The topological polar surface area (TPSA) is 96.3 Å². The molecule has 3 aromatic carbocycles. The molecule has 0 atom stereocenters. The quantitative estimate of drug-likeness (QED) is 0.632. The van der Waals surface area contributed by atoms with Gasteiger partial charge in [-0.25, -0.2) is 8.42 Å². The number of amides is 1. The van der Waals surface area contributed by atoms with E-state index in [1.807, 2.05) is 24.3 Å². The van der Waals surface area contributed by atoms with Gasteiger partial charge in [-0.05, 0) is 53.1 Å². The first-order valence-corrected chi connectivity index (χ1v) is 11.0. The third-order valence-electron chi connectivity index (χ3n) is 4.41. The molecule has 3 aromatic rings. The predicted octanol–water partition coefficient (Wildman–Crippen LogP) is 3.32. The van der Waals surface area contributed by atoms with Crippen molar-refractivity contribution in [2.75, 3.05) is 12.9 Å². The van der Waals surface area contributed by atoms with Gasteiger partial charge in [0.25, 0.3) is 5.91 Å². The van der Waals surface area contributed by atoms with Gasteiger partial charge in [-0.1, -0.05) is 36.4 Å². The van der Waals surface area contributed by atoms with Crippen LogP contribution in [0, 0.1) is 11.3 Å². The van der Waals surface area contributed by atoms with Gasteiger partial charge in [0.1, 0.15) is 5.75 Å². The van der Waals surface area contributed by atoms with Crippen molar-refractivity contribution in [3.05, 3.63) is 83.9 Å². The number of nitriles is 1. The Kier molecular flexibility index (Phi) is 6.50. The second-order valence-electron chi connectivity index (χ2n) is 6.70. The average Bonchev–Trinajstić information content (AvgIpc) is 2.76. The van der Waals surface area contributed by atoms with Crippen LogP contribution in [0.25, 0.3) is 11.1 Å². The van der Waals surface area contributed by atoms with Crippen molar-refractivity contribution in [1.82, 2.24) is 5.32 Å². The van der Waals surface area contributed by atoms with E-state index in [0.717, 1.165) is 22.9 Å². The number of carbonyl (C=O) groups is 1. The molecule has 0 aliphatic rings. The number of nitrogens with one attached hydrogen (secondary N) is 1. The van der Waals surface area contributed by atoms with E-state index >= 15 is 0 Å². The molecule has 3 rings (SSSR count). The summed E-state index contributed by atoms with van der Waals surface area (Å²) in [5, 5.41) is 11.6. The van der Waals surface area contributed by atoms with Gasteiger partial charge < -0.3 is 10.1 Å². The van der Waals surface area contributed by atoms with Crippen LogP contribution in [0.2, 0.25) is 0 Å². The lowest BCUT2D eigenvalue weighted by molar-refractivity contribution is -0.123. The molecule has 0 aliphatic carbocycles. The number of ether oxygens (including phenoxy) is 1. The minimum absolute atomic E-state index is 0.127. The zero-order valence-electron chi connectivity index (χ0n) is 16.3. The van der Waals surface area contributed by atoms with Crippen molar-refractivity contribution in [2.45, 2.75) is 11.4 Å². The maximum atomic E-state index is 12.0. The van der Waals surface area contributed by atoms with Crippen LogP contribution in [0.15, 0.2) is 77.7 Å². The molecule has 0 saturated heterocycles. The summed E-state index contributed by atoms with van der Waals surface area (Å²) in [7, 11) is -3.23. The maximum absolute atomic E-state index is 12.0. The summed E-state index contributed by atoms with van der Waals surface area (Å²) in [6.07, 6.45) is 1.15. The van der Waals surface area contributed by atoms with Crippen molar-refractivity contribution in [3.63, 3.8) is 0 Å². The molecule has 6 nitrogen and oxygen atoms in total. The summed E-state index contributed by atoms with van der Waals surface area (Å²) in [4.78, 5) is 12.2. The van der Waals surface area contributed by atoms with Gasteiger partial charge >= 0.3 is 0 Å². The van der Waals surface area contributed by atoms with E-state index < -0.39 is 9.84 Å². The normalized spacial score (nSPS) is 10.8. The SMILES string of the molecule is CS(=O)(=O)c1ccc(CNC(=O)COc2ccc(-c3ccc(C#N)cc3)cc2)cc1. The average molecular weight is 420 g/mol.